The Morgan fingerprint density at radius 1 is 1.33 bits per heavy atom. The molecule has 18 heavy (non-hydrogen) atoms. The second-order valence-electron chi connectivity index (χ2n) is 4.37. The topological polar surface area (TPSA) is 76.2 Å². The lowest BCUT2D eigenvalue weighted by molar-refractivity contribution is 0.0702. The lowest BCUT2D eigenvalue weighted by Gasteiger charge is -2.03. The number of nitrogens with two attached hydrogens (primary N) is 1. The van der Waals surface area contributed by atoms with Gasteiger partial charge in [0.1, 0.15) is 4.88 Å². The Kier molecular flexibility index (Phi) is 2.56. The van der Waals surface area contributed by atoms with Gasteiger partial charge in [0.25, 0.3) is 0 Å². The van der Waals surface area contributed by atoms with Crippen molar-refractivity contribution in [1.29, 1.82) is 0 Å². The number of aryl methyl sites for hydroxylation is 2. The first kappa shape index (κ1) is 11.2. The Morgan fingerprint density at radius 2 is 2.11 bits per heavy atom. The molecular weight excluding hydrogens is 248 g/mol. The van der Waals surface area contributed by atoms with E-state index in [1.807, 2.05) is 12.1 Å². The molecule has 0 saturated heterocycles. The van der Waals surface area contributed by atoms with Crippen molar-refractivity contribution in [3.05, 3.63) is 34.2 Å². The van der Waals surface area contributed by atoms with E-state index in [1.165, 1.54) is 17.5 Å². The van der Waals surface area contributed by atoms with Gasteiger partial charge in [-0.3, -0.25) is 0 Å². The molecule has 1 heterocycles. The van der Waals surface area contributed by atoms with E-state index in [4.69, 9.17) is 10.8 Å². The molecule has 1 aromatic heterocycles. The molecule has 1 aliphatic rings. The van der Waals surface area contributed by atoms with Gasteiger partial charge in [-0.2, -0.15) is 0 Å². The maximum atomic E-state index is 11.2. The van der Waals surface area contributed by atoms with E-state index >= 15 is 0 Å². The van der Waals surface area contributed by atoms with Gasteiger partial charge in [-0.15, -0.1) is 0 Å². The molecule has 3 rings (SSSR count). The highest BCUT2D eigenvalue weighted by Crippen LogP contribution is 2.32. The SMILES string of the molecule is Nc1nc(-c2ccc3c(c2)CCC3)c(C(=O)O)s1. The molecule has 0 aliphatic heterocycles. The summed E-state index contributed by atoms with van der Waals surface area (Å²) >= 11 is 1.02. The van der Waals surface area contributed by atoms with E-state index < -0.39 is 5.97 Å². The third-order valence-corrected chi connectivity index (χ3v) is 4.08. The summed E-state index contributed by atoms with van der Waals surface area (Å²) in [7, 11) is 0. The molecule has 0 amide bonds. The average molecular weight is 260 g/mol. The minimum atomic E-state index is -0.973. The number of hydrogen-bond acceptors (Lipinski definition) is 4. The minimum absolute atomic E-state index is 0.213. The Bertz CT molecular complexity index is 634. The Labute approximate surface area is 108 Å². The number of aromatic carboxylic acids is 1. The first-order valence-electron chi connectivity index (χ1n) is 5.77. The maximum absolute atomic E-state index is 11.2. The van der Waals surface area contributed by atoms with E-state index in [-0.39, 0.29) is 4.88 Å². The molecule has 0 bridgehead atoms. The number of benzene rings is 1. The van der Waals surface area contributed by atoms with Gasteiger partial charge in [-0.05, 0) is 36.5 Å². The van der Waals surface area contributed by atoms with Gasteiger partial charge in [0.05, 0.1) is 5.69 Å². The number of rotatable bonds is 2. The van der Waals surface area contributed by atoms with Crippen molar-refractivity contribution >= 4 is 22.4 Å². The minimum Gasteiger partial charge on any atom is -0.477 e. The van der Waals surface area contributed by atoms with Gasteiger partial charge in [-0.1, -0.05) is 23.5 Å². The van der Waals surface area contributed by atoms with Crippen LogP contribution in [0.25, 0.3) is 11.3 Å². The van der Waals surface area contributed by atoms with Crippen LogP contribution in [-0.4, -0.2) is 16.1 Å². The number of thiazole rings is 1. The molecule has 4 nitrogen and oxygen atoms in total. The van der Waals surface area contributed by atoms with Crippen LogP contribution in [-0.2, 0) is 12.8 Å². The van der Waals surface area contributed by atoms with Gasteiger partial charge in [0, 0.05) is 5.56 Å². The maximum Gasteiger partial charge on any atom is 0.348 e. The number of carbonyl (C=O) groups is 1. The summed E-state index contributed by atoms with van der Waals surface area (Å²) in [6, 6.07) is 6.05. The zero-order chi connectivity index (χ0) is 12.7. The van der Waals surface area contributed by atoms with Crippen LogP contribution < -0.4 is 5.73 Å². The normalized spacial score (nSPS) is 13.6. The summed E-state index contributed by atoms with van der Waals surface area (Å²) in [6.45, 7) is 0. The summed E-state index contributed by atoms with van der Waals surface area (Å²) in [5, 5.41) is 9.44. The zero-order valence-corrected chi connectivity index (χ0v) is 10.5. The first-order valence-corrected chi connectivity index (χ1v) is 6.58. The number of nitrogen functional groups attached to an aromatic ring is 1. The predicted octanol–water partition coefficient (Wildman–Crippen LogP) is 2.58. The molecular formula is C13H12N2O2S. The number of carboxylic acids is 1. The summed E-state index contributed by atoms with van der Waals surface area (Å²) in [5.41, 5.74) is 9.61. The summed E-state index contributed by atoms with van der Waals surface area (Å²) < 4.78 is 0. The molecule has 0 unspecified atom stereocenters. The van der Waals surface area contributed by atoms with E-state index in [0.29, 0.717) is 10.8 Å². The molecule has 3 N–H and O–H groups in total. The number of fused-ring (bicyclic) bond motifs is 1. The van der Waals surface area contributed by atoms with E-state index in [0.717, 1.165) is 29.7 Å². The smallest absolute Gasteiger partial charge is 0.348 e. The third kappa shape index (κ3) is 1.76. The number of aromatic nitrogens is 1. The number of carboxylic acid groups (broad SMARTS) is 1. The molecule has 2 aromatic rings. The third-order valence-electron chi connectivity index (χ3n) is 3.21. The fraction of sp³-hybridized carbons (Fsp3) is 0.231. The second-order valence-corrected chi connectivity index (χ2v) is 5.40. The molecule has 0 spiro atoms. The van der Waals surface area contributed by atoms with E-state index in [2.05, 4.69) is 11.1 Å². The standard InChI is InChI=1S/C13H12N2O2S/c14-13-15-10(11(18-13)12(16)17)9-5-4-7-2-1-3-8(7)6-9/h4-6H,1-3H2,(H2,14,15)(H,16,17). The van der Waals surface area contributed by atoms with Crippen LogP contribution in [0.5, 0.6) is 0 Å². The van der Waals surface area contributed by atoms with Gasteiger partial charge < -0.3 is 10.8 Å². The zero-order valence-electron chi connectivity index (χ0n) is 9.64. The Hall–Kier alpha value is -1.88. The molecule has 5 heteroatoms. The van der Waals surface area contributed by atoms with Crippen molar-refractivity contribution in [3.8, 4) is 11.3 Å². The van der Waals surface area contributed by atoms with E-state index in [9.17, 15) is 4.79 Å². The Balaban J connectivity index is 2.12. The van der Waals surface area contributed by atoms with Crippen molar-refractivity contribution < 1.29 is 9.90 Å². The van der Waals surface area contributed by atoms with Gasteiger partial charge in [0.15, 0.2) is 5.13 Å². The van der Waals surface area contributed by atoms with Crippen LogP contribution >= 0.6 is 11.3 Å². The quantitative estimate of drug-likeness (QED) is 0.870. The summed E-state index contributed by atoms with van der Waals surface area (Å²) in [4.78, 5) is 15.5. The monoisotopic (exact) mass is 260 g/mol. The Morgan fingerprint density at radius 3 is 2.89 bits per heavy atom. The van der Waals surface area contributed by atoms with Crippen molar-refractivity contribution in [2.75, 3.05) is 5.73 Å². The molecule has 1 aromatic carbocycles. The molecule has 0 atom stereocenters. The van der Waals surface area contributed by atoms with Crippen LogP contribution in [0.1, 0.15) is 27.2 Å². The highest BCUT2D eigenvalue weighted by molar-refractivity contribution is 7.17. The lowest BCUT2D eigenvalue weighted by Crippen LogP contribution is -1.96. The summed E-state index contributed by atoms with van der Waals surface area (Å²) in [6.07, 6.45) is 3.34. The molecule has 92 valence electrons. The van der Waals surface area contributed by atoms with Crippen LogP contribution in [0.3, 0.4) is 0 Å². The van der Waals surface area contributed by atoms with Crippen LogP contribution in [0, 0.1) is 0 Å². The van der Waals surface area contributed by atoms with Gasteiger partial charge >= 0.3 is 5.97 Å². The number of nitrogens with zero attached hydrogens (tertiary/aromatic N) is 1. The highest BCUT2D eigenvalue weighted by atomic mass is 32.1. The van der Waals surface area contributed by atoms with Crippen molar-refractivity contribution in [2.45, 2.75) is 19.3 Å². The average Bonchev–Trinajstić information content (AvgIpc) is 2.93. The van der Waals surface area contributed by atoms with Crippen molar-refractivity contribution in [1.82, 2.24) is 4.98 Å². The highest BCUT2D eigenvalue weighted by Gasteiger charge is 2.19. The van der Waals surface area contributed by atoms with Crippen LogP contribution in [0.4, 0.5) is 5.13 Å². The molecule has 0 saturated carbocycles. The largest absolute Gasteiger partial charge is 0.477 e. The molecule has 0 radical (unpaired) electrons. The van der Waals surface area contributed by atoms with Gasteiger partial charge in [0.2, 0.25) is 0 Å². The van der Waals surface area contributed by atoms with Crippen LogP contribution in [0.2, 0.25) is 0 Å². The fourth-order valence-electron chi connectivity index (χ4n) is 2.40. The first-order chi connectivity index (χ1) is 8.65. The second kappa shape index (κ2) is 4.10. The number of hydrogen-bond donors (Lipinski definition) is 2. The van der Waals surface area contributed by atoms with Crippen molar-refractivity contribution in [3.63, 3.8) is 0 Å². The van der Waals surface area contributed by atoms with Gasteiger partial charge in [-0.25, -0.2) is 9.78 Å². The van der Waals surface area contributed by atoms with Crippen molar-refractivity contribution in [2.24, 2.45) is 0 Å². The summed E-state index contributed by atoms with van der Waals surface area (Å²) in [5.74, 6) is -0.973. The van der Waals surface area contributed by atoms with E-state index in [1.54, 1.807) is 0 Å². The molecule has 1 aliphatic carbocycles. The predicted molar refractivity (Wildman–Crippen MR) is 70.9 cm³/mol. The fourth-order valence-corrected chi connectivity index (χ4v) is 3.09. The lowest BCUT2D eigenvalue weighted by atomic mass is 10.0. The number of anilines is 1. The molecule has 0 fully saturated rings. The van der Waals surface area contributed by atoms with Crippen LogP contribution in [0.15, 0.2) is 18.2 Å².